The van der Waals surface area contributed by atoms with E-state index in [1.165, 1.54) is 6.92 Å². The summed E-state index contributed by atoms with van der Waals surface area (Å²) in [5.41, 5.74) is 5.38. The molecular weight excluding hydrogens is 282 g/mol. The van der Waals surface area contributed by atoms with Crippen LogP contribution in [0, 0.1) is 0 Å². The number of hydrogen-bond acceptors (Lipinski definition) is 7. The number of rotatable bonds is 17. The Morgan fingerprint density at radius 1 is 0.636 bits per heavy atom. The maximum atomic E-state index is 10.6. The predicted molar refractivity (Wildman–Crippen MR) is 92.1 cm³/mol. The van der Waals surface area contributed by atoms with E-state index in [0.717, 1.165) is 65.4 Å². The average Bonchev–Trinajstić information content (AvgIpc) is 2.50. The van der Waals surface area contributed by atoms with Crippen molar-refractivity contribution in [3.8, 4) is 0 Å². The van der Waals surface area contributed by atoms with Crippen molar-refractivity contribution >= 4 is 5.91 Å². The minimum atomic E-state index is 0.0207. The van der Waals surface area contributed by atoms with Crippen LogP contribution in [-0.4, -0.2) is 84.4 Å². The summed E-state index contributed by atoms with van der Waals surface area (Å²) in [5.74, 6) is 0.0207. The third-order valence-electron chi connectivity index (χ3n) is 2.91. The van der Waals surface area contributed by atoms with Crippen LogP contribution in [0.5, 0.6) is 0 Å². The molecule has 0 bridgehead atoms. The average molecular weight is 317 g/mol. The minimum absolute atomic E-state index is 0.0207. The maximum absolute atomic E-state index is 10.6. The second-order valence-corrected chi connectivity index (χ2v) is 5.02. The van der Waals surface area contributed by atoms with Gasteiger partial charge in [0.05, 0.1) is 0 Å². The van der Waals surface area contributed by atoms with Crippen LogP contribution in [0.3, 0.4) is 0 Å². The van der Waals surface area contributed by atoms with Crippen molar-refractivity contribution in [1.29, 1.82) is 0 Å². The van der Waals surface area contributed by atoms with Crippen molar-refractivity contribution in [1.82, 2.24) is 31.9 Å². The lowest BCUT2D eigenvalue weighted by Crippen LogP contribution is -2.37. The summed E-state index contributed by atoms with van der Waals surface area (Å²) < 4.78 is 0. The molecule has 0 aromatic rings. The molecule has 132 valence electrons. The highest BCUT2D eigenvalue weighted by Crippen LogP contribution is 1.65. The Bertz CT molecular complexity index is 241. The van der Waals surface area contributed by atoms with E-state index >= 15 is 0 Å². The van der Waals surface area contributed by atoms with E-state index < -0.39 is 0 Å². The minimum Gasteiger partial charge on any atom is -0.355 e. The number of carbonyl (C=O) groups is 1. The van der Waals surface area contributed by atoms with E-state index in [0.29, 0.717) is 13.1 Å². The number of nitrogens with two attached hydrogens (primary N) is 1. The third kappa shape index (κ3) is 19.2. The molecule has 0 atom stereocenters. The highest BCUT2D eigenvalue weighted by molar-refractivity contribution is 5.72. The molecule has 0 aromatic heterocycles. The zero-order chi connectivity index (χ0) is 16.3. The van der Waals surface area contributed by atoms with Crippen molar-refractivity contribution in [3.63, 3.8) is 0 Å². The molecule has 0 saturated heterocycles. The van der Waals surface area contributed by atoms with Gasteiger partial charge in [0.25, 0.3) is 0 Å². The summed E-state index contributed by atoms with van der Waals surface area (Å²) in [7, 11) is 0. The van der Waals surface area contributed by atoms with Gasteiger partial charge >= 0.3 is 0 Å². The summed E-state index contributed by atoms with van der Waals surface area (Å²) >= 11 is 0. The Labute approximate surface area is 134 Å². The summed E-state index contributed by atoms with van der Waals surface area (Å²) in [6, 6.07) is 0. The van der Waals surface area contributed by atoms with Crippen LogP contribution in [0.15, 0.2) is 0 Å². The first kappa shape index (κ1) is 21.2. The van der Waals surface area contributed by atoms with Crippen molar-refractivity contribution in [2.75, 3.05) is 78.5 Å². The maximum Gasteiger partial charge on any atom is 0.216 e. The molecule has 1 amide bonds. The molecule has 0 heterocycles. The molecule has 0 aliphatic rings. The lowest BCUT2D eigenvalue weighted by Gasteiger charge is -2.09. The third-order valence-corrected chi connectivity index (χ3v) is 2.91. The van der Waals surface area contributed by atoms with Gasteiger partial charge in [0, 0.05) is 85.5 Å². The van der Waals surface area contributed by atoms with Crippen LogP contribution in [0.2, 0.25) is 0 Å². The van der Waals surface area contributed by atoms with Gasteiger partial charge in [-0.1, -0.05) is 0 Å². The van der Waals surface area contributed by atoms with Gasteiger partial charge in [0.15, 0.2) is 0 Å². The Morgan fingerprint density at radius 3 is 1.27 bits per heavy atom. The fourth-order valence-electron chi connectivity index (χ4n) is 1.76. The van der Waals surface area contributed by atoms with Gasteiger partial charge in [-0.2, -0.15) is 0 Å². The standard InChI is InChI=1S/C14H35N7O/c1-14(22)21-13-12-20-11-10-19-9-8-18-7-6-17-5-4-16-3-2-15/h16-20H,2-13,15H2,1H3,(H,21,22). The number of hydrogen-bond donors (Lipinski definition) is 7. The zero-order valence-electron chi connectivity index (χ0n) is 14.0. The van der Waals surface area contributed by atoms with Gasteiger partial charge in [-0.15, -0.1) is 0 Å². The second kappa shape index (κ2) is 18.3. The Balaban J connectivity index is 2.95. The molecule has 8 nitrogen and oxygen atoms in total. The lowest BCUT2D eigenvalue weighted by molar-refractivity contribution is -0.118. The van der Waals surface area contributed by atoms with Crippen molar-refractivity contribution < 1.29 is 4.79 Å². The molecular formula is C14H35N7O. The molecule has 0 aromatic carbocycles. The smallest absolute Gasteiger partial charge is 0.216 e. The van der Waals surface area contributed by atoms with Crippen LogP contribution in [0.4, 0.5) is 0 Å². The second-order valence-electron chi connectivity index (χ2n) is 5.02. The normalized spacial score (nSPS) is 10.8. The van der Waals surface area contributed by atoms with E-state index in [1.54, 1.807) is 0 Å². The van der Waals surface area contributed by atoms with Gasteiger partial charge < -0.3 is 37.6 Å². The van der Waals surface area contributed by atoms with Crippen molar-refractivity contribution in [2.45, 2.75) is 6.92 Å². The molecule has 8 N–H and O–H groups in total. The molecule has 22 heavy (non-hydrogen) atoms. The molecule has 0 radical (unpaired) electrons. The molecule has 0 fully saturated rings. The van der Waals surface area contributed by atoms with Crippen LogP contribution in [-0.2, 0) is 4.79 Å². The van der Waals surface area contributed by atoms with Gasteiger partial charge in [-0.25, -0.2) is 0 Å². The molecule has 0 unspecified atom stereocenters. The predicted octanol–water partition coefficient (Wildman–Crippen LogP) is -2.97. The van der Waals surface area contributed by atoms with Crippen molar-refractivity contribution in [2.24, 2.45) is 5.73 Å². The highest BCUT2D eigenvalue weighted by Gasteiger charge is 1.91. The van der Waals surface area contributed by atoms with Crippen LogP contribution in [0.1, 0.15) is 6.92 Å². The first-order valence-corrected chi connectivity index (χ1v) is 8.25. The Morgan fingerprint density at radius 2 is 0.955 bits per heavy atom. The molecule has 0 saturated carbocycles. The number of amides is 1. The highest BCUT2D eigenvalue weighted by atomic mass is 16.1. The molecule has 0 aliphatic carbocycles. The SMILES string of the molecule is CC(=O)NCCNCCNCCNCCNCCNCCN. The summed E-state index contributed by atoms with van der Waals surface area (Å²) in [5, 5.41) is 19.3. The first-order chi connectivity index (χ1) is 10.8. The van der Waals surface area contributed by atoms with Crippen LogP contribution in [0.25, 0.3) is 0 Å². The van der Waals surface area contributed by atoms with Crippen molar-refractivity contribution in [3.05, 3.63) is 0 Å². The van der Waals surface area contributed by atoms with Crippen LogP contribution < -0.4 is 37.6 Å². The molecule has 8 heteroatoms. The zero-order valence-corrected chi connectivity index (χ0v) is 14.0. The topological polar surface area (TPSA) is 115 Å². The molecule has 0 aliphatic heterocycles. The molecule has 0 rings (SSSR count). The van der Waals surface area contributed by atoms with E-state index in [4.69, 9.17) is 5.73 Å². The van der Waals surface area contributed by atoms with Gasteiger partial charge in [-0.3, -0.25) is 4.79 Å². The first-order valence-electron chi connectivity index (χ1n) is 8.25. The number of carbonyl (C=O) groups excluding carboxylic acids is 1. The fourth-order valence-corrected chi connectivity index (χ4v) is 1.76. The van der Waals surface area contributed by atoms with E-state index in [2.05, 4.69) is 31.9 Å². The fraction of sp³-hybridized carbons (Fsp3) is 0.929. The van der Waals surface area contributed by atoms with Gasteiger partial charge in [0.1, 0.15) is 0 Å². The van der Waals surface area contributed by atoms with Gasteiger partial charge in [0.2, 0.25) is 5.91 Å². The Kier molecular flexibility index (Phi) is 17.6. The molecule has 0 spiro atoms. The monoisotopic (exact) mass is 317 g/mol. The van der Waals surface area contributed by atoms with E-state index in [9.17, 15) is 4.79 Å². The number of nitrogens with one attached hydrogen (secondary N) is 6. The van der Waals surface area contributed by atoms with E-state index in [1.807, 2.05) is 0 Å². The van der Waals surface area contributed by atoms with Crippen LogP contribution >= 0.6 is 0 Å². The summed E-state index contributed by atoms with van der Waals surface area (Å²) in [6.07, 6.45) is 0. The largest absolute Gasteiger partial charge is 0.355 e. The quantitative estimate of drug-likeness (QED) is 0.143. The van der Waals surface area contributed by atoms with E-state index in [-0.39, 0.29) is 5.91 Å². The summed E-state index contributed by atoms with van der Waals surface area (Å²) in [4.78, 5) is 10.6. The Hall–Kier alpha value is -0.770. The summed E-state index contributed by atoms with van der Waals surface area (Å²) in [6.45, 7) is 12.3. The lowest BCUT2D eigenvalue weighted by atomic mass is 10.5. The van der Waals surface area contributed by atoms with Gasteiger partial charge in [-0.05, 0) is 0 Å².